The van der Waals surface area contributed by atoms with E-state index in [2.05, 4.69) is 28.2 Å². The molecule has 2 aromatic rings. The summed E-state index contributed by atoms with van der Waals surface area (Å²) in [6.45, 7) is 3.14. The maximum atomic E-state index is 12.3. The number of hydrogen-bond acceptors (Lipinski definition) is 3. The maximum Gasteiger partial charge on any atom is 0.255 e. The van der Waals surface area contributed by atoms with Gasteiger partial charge in [0.05, 0.1) is 5.69 Å². The molecule has 5 heteroatoms. The summed E-state index contributed by atoms with van der Waals surface area (Å²) in [6, 6.07) is 11.2. The Bertz CT molecular complexity index is 698. The van der Waals surface area contributed by atoms with Crippen molar-refractivity contribution in [3.63, 3.8) is 0 Å². The van der Waals surface area contributed by atoms with Crippen LogP contribution in [0.1, 0.15) is 22.8 Å². The van der Waals surface area contributed by atoms with Crippen molar-refractivity contribution >= 4 is 27.5 Å². The summed E-state index contributed by atoms with van der Waals surface area (Å²) >= 11 is 3.45. The number of benzene rings is 2. The SMILES string of the molecule is CCc1ccc(C(=O)Nc2cc3c(cc2Br)OCCO3)cc1. The van der Waals surface area contributed by atoms with Crippen LogP contribution in [0.3, 0.4) is 0 Å². The first-order valence-electron chi connectivity index (χ1n) is 7.17. The molecule has 0 atom stereocenters. The van der Waals surface area contributed by atoms with Crippen LogP contribution in [0, 0.1) is 0 Å². The van der Waals surface area contributed by atoms with E-state index in [0.717, 1.165) is 10.9 Å². The molecule has 0 saturated heterocycles. The Morgan fingerprint density at radius 2 is 1.77 bits per heavy atom. The fourth-order valence-corrected chi connectivity index (χ4v) is 2.67. The van der Waals surface area contributed by atoms with Gasteiger partial charge in [0.25, 0.3) is 5.91 Å². The number of halogens is 1. The molecule has 0 aliphatic carbocycles. The van der Waals surface area contributed by atoms with E-state index < -0.39 is 0 Å². The molecule has 3 rings (SSSR count). The molecule has 4 nitrogen and oxygen atoms in total. The molecule has 0 spiro atoms. The van der Waals surface area contributed by atoms with E-state index >= 15 is 0 Å². The Balaban J connectivity index is 1.81. The second kappa shape index (κ2) is 6.40. The lowest BCUT2D eigenvalue weighted by Gasteiger charge is -2.20. The minimum absolute atomic E-state index is 0.153. The molecule has 0 saturated carbocycles. The van der Waals surface area contributed by atoms with Crippen molar-refractivity contribution in [2.24, 2.45) is 0 Å². The van der Waals surface area contributed by atoms with E-state index in [1.54, 1.807) is 6.07 Å². The van der Waals surface area contributed by atoms with Crippen LogP contribution in [-0.4, -0.2) is 19.1 Å². The van der Waals surface area contributed by atoms with Gasteiger partial charge in [0, 0.05) is 22.2 Å². The van der Waals surface area contributed by atoms with Gasteiger partial charge in [0.2, 0.25) is 0 Å². The van der Waals surface area contributed by atoms with Gasteiger partial charge in [0.1, 0.15) is 13.2 Å². The minimum atomic E-state index is -0.153. The van der Waals surface area contributed by atoms with Crippen molar-refractivity contribution in [1.29, 1.82) is 0 Å². The fraction of sp³-hybridized carbons (Fsp3) is 0.235. The Labute approximate surface area is 137 Å². The van der Waals surface area contributed by atoms with Crippen molar-refractivity contribution in [1.82, 2.24) is 0 Å². The zero-order valence-corrected chi connectivity index (χ0v) is 13.8. The number of hydrogen-bond donors (Lipinski definition) is 1. The third kappa shape index (κ3) is 3.09. The molecule has 0 fully saturated rings. The third-order valence-electron chi connectivity index (χ3n) is 3.50. The van der Waals surface area contributed by atoms with Crippen LogP contribution in [0.4, 0.5) is 5.69 Å². The molecule has 114 valence electrons. The molecule has 22 heavy (non-hydrogen) atoms. The van der Waals surface area contributed by atoms with Crippen LogP contribution >= 0.6 is 15.9 Å². The summed E-state index contributed by atoms with van der Waals surface area (Å²) in [6.07, 6.45) is 0.954. The molecule has 1 aliphatic rings. The summed E-state index contributed by atoms with van der Waals surface area (Å²) in [5, 5.41) is 2.89. The topological polar surface area (TPSA) is 47.6 Å². The number of amides is 1. The second-order valence-electron chi connectivity index (χ2n) is 4.98. The highest BCUT2D eigenvalue weighted by molar-refractivity contribution is 9.10. The van der Waals surface area contributed by atoms with Crippen molar-refractivity contribution < 1.29 is 14.3 Å². The largest absolute Gasteiger partial charge is 0.486 e. The van der Waals surface area contributed by atoms with E-state index in [4.69, 9.17) is 9.47 Å². The smallest absolute Gasteiger partial charge is 0.255 e. The van der Waals surface area contributed by atoms with Crippen LogP contribution in [0.25, 0.3) is 0 Å². The molecule has 1 aliphatic heterocycles. The standard InChI is InChI=1S/C17H16BrNO3/c1-2-11-3-5-12(6-4-11)17(20)19-14-10-16-15(9-13(14)18)21-7-8-22-16/h3-6,9-10H,2,7-8H2,1H3,(H,19,20). The first-order chi connectivity index (χ1) is 10.7. The first kappa shape index (κ1) is 14.9. The van der Waals surface area contributed by atoms with Crippen LogP contribution < -0.4 is 14.8 Å². The lowest BCUT2D eigenvalue weighted by molar-refractivity contribution is 0.102. The van der Waals surface area contributed by atoms with Crippen molar-refractivity contribution in [2.45, 2.75) is 13.3 Å². The monoisotopic (exact) mass is 361 g/mol. The van der Waals surface area contributed by atoms with Gasteiger partial charge < -0.3 is 14.8 Å². The Kier molecular flexibility index (Phi) is 4.34. The molecule has 1 N–H and O–H groups in total. The number of nitrogens with one attached hydrogen (secondary N) is 1. The van der Waals surface area contributed by atoms with Crippen LogP contribution in [0.15, 0.2) is 40.9 Å². The Hall–Kier alpha value is -2.01. The van der Waals surface area contributed by atoms with Crippen molar-refractivity contribution in [3.8, 4) is 11.5 Å². The Morgan fingerprint density at radius 1 is 1.14 bits per heavy atom. The lowest BCUT2D eigenvalue weighted by atomic mass is 10.1. The van der Waals surface area contributed by atoms with Crippen molar-refractivity contribution in [3.05, 3.63) is 52.0 Å². The maximum absolute atomic E-state index is 12.3. The normalized spacial score (nSPS) is 12.8. The fourth-order valence-electron chi connectivity index (χ4n) is 2.25. The zero-order chi connectivity index (χ0) is 15.5. The zero-order valence-electron chi connectivity index (χ0n) is 12.2. The van der Waals surface area contributed by atoms with Crippen LogP contribution in [0.5, 0.6) is 11.5 Å². The van der Waals surface area contributed by atoms with E-state index in [0.29, 0.717) is 36.0 Å². The van der Waals surface area contributed by atoms with E-state index in [1.807, 2.05) is 30.3 Å². The van der Waals surface area contributed by atoms with Crippen LogP contribution in [0.2, 0.25) is 0 Å². The summed E-state index contributed by atoms with van der Waals surface area (Å²) in [5.74, 6) is 1.18. The van der Waals surface area contributed by atoms with Crippen LogP contribution in [-0.2, 0) is 6.42 Å². The van der Waals surface area contributed by atoms with E-state index in [1.165, 1.54) is 5.56 Å². The summed E-state index contributed by atoms with van der Waals surface area (Å²) < 4.78 is 11.8. The Morgan fingerprint density at radius 3 is 2.41 bits per heavy atom. The van der Waals surface area contributed by atoms with E-state index in [-0.39, 0.29) is 5.91 Å². The van der Waals surface area contributed by atoms with Gasteiger partial charge in [-0.3, -0.25) is 4.79 Å². The predicted octanol–water partition coefficient (Wildman–Crippen LogP) is 4.04. The molecule has 1 heterocycles. The highest BCUT2D eigenvalue weighted by atomic mass is 79.9. The van der Waals surface area contributed by atoms with Gasteiger partial charge in [-0.15, -0.1) is 0 Å². The third-order valence-corrected chi connectivity index (χ3v) is 4.16. The van der Waals surface area contributed by atoms with Crippen molar-refractivity contribution in [2.75, 3.05) is 18.5 Å². The minimum Gasteiger partial charge on any atom is -0.486 e. The van der Waals surface area contributed by atoms with Gasteiger partial charge >= 0.3 is 0 Å². The number of fused-ring (bicyclic) bond motifs is 1. The molecule has 0 aromatic heterocycles. The molecular formula is C17H16BrNO3. The molecule has 0 radical (unpaired) electrons. The summed E-state index contributed by atoms with van der Waals surface area (Å²) in [7, 11) is 0. The number of aryl methyl sites for hydroxylation is 1. The van der Waals surface area contributed by atoms with Gasteiger partial charge in [-0.1, -0.05) is 19.1 Å². The first-order valence-corrected chi connectivity index (χ1v) is 7.96. The second-order valence-corrected chi connectivity index (χ2v) is 5.83. The lowest BCUT2D eigenvalue weighted by Crippen LogP contribution is -2.17. The van der Waals surface area contributed by atoms with Gasteiger partial charge in [-0.25, -0.2) is 0 Å². The number of carbonyl (C=O) groups is 1. The number of anilines is 1. The van der Waals surface area contributed by atoms with Gasteiger partial charge in [0.15, 0.2) is 11.5 Å². The average Bonchev–Trinajstić information content (AvgIpc) is 2.55. The highest BCUT2D eigenvalue weighted by Crippen LogP contribution is 2.38. The molecule has 0 unspecified atom stereocenters. The highest BCUT2D eigenvalue weighted by Gasteiger charge is 2.16. The van der Waals surface area contributed by atoms with Gasteiger partial charge in [-0.05, 0) is 40.0 Å². The number of carbonyl (C=O) groups excluding carboxylic acids is 1. The predicted molar refractivity (Wildman–Crippen MR) is 88.9 cm³/mol. The summed E-state index contributed by atoms with van der Waals surface area (Å²) in [4.78, 5) is 12.3. The molecule has 0 bridgehead atoms. The summed E-state index contributed by atoms with van der Waals surface area (Å²) in [5.41, 5.74) is 2.49. The molecule has 1 amide bonds. The van der Waals surface area contributed by atoms with Gasteiger partial charge in [-0.2, -0.15) is 0 Å². The molecule has 2 aromatic carbocycles. The quantitative estimate of drug-likeness (QED) is 0.897. The number of ether oxygens (including phenoxy) is 2. The molecular weight excluding hydrogens is 346 g/mol. The number of rotatable bonds is 3. The average molecular weight is 362 g/mol. The van der Waals surface area contributed by atoms with E-state index in [9.17, 15) is 4.79 Å².